The third-order valence-corrected chi connectivity index (χ3v) is 4.42. The van der Waals surface area contributed by atoms with Gasteiger partial charge in [0, 0.05) is 19.3 Å². The smallest absolute Gasteiger partial charge is 0.338 e. The molecule has 1 aromatic carbocycles. The summed E-state index contributed by atoms with van der Waals surface area (Å²) in [5.41, 5.74) is 1.33. The minimum atomic E-state index is -0.980. The number of rotatable bonds is 5. The molecule has 1 aliphatic rings. The summed E-state index contributed by atoms with van der Waals surface area (Å²) in [5.74, 6) is -0.329. The number of carboxylic acid groups (broad SMARTS) is 1. The number of carbonyl (C=O) groups is 2. The number of aromatic carboxylic acids is 1. The first kappa shape index (κ1) is 17.0. The highest BCUT2D eigenvalue weighted by Crippen LogP contribution is 2.22. The van der Waals surface area contributed by atoms with E-state index < -0.39 is 5.97 Å². The minimum absolute atomic E-state index is 0.0264. The minimum Gasteiger partial charge on any atom is -0.484 e. The van der Waals surface area contributed by atoms with Crippen molar-refractivity contribution in [1.82, 2.24) is 14.7 Å². The molecule has 0 spiro atoms. The van der Waals surface area contributed by atoms with Gasteiger partial charge >= 0.3 is 5.97 Å². The summed E-state index contributed by atoms with van der Waals surface area (Å²) in [6.45, 7) is 3.25. The Morgan fingerprint density at radius 2 is 1.92 bits per heavy atom. The van der Waals surface area contributed by atoms with E-state index in [1.54, 1.807) is 15.8 Å². The normalized spacial score (nSPS) is 15.2. The predicted octanol–water partition coefficient (Wildman–Crippen LogP) is 2.13. The molecular weight excluding hydrogens is 322 g/mol. The molecule has 1 amide bonds. The van der Waals surface area contributed by atoms with Gasteiger partial charge in [-0.3, -0.25) is 9.48 Å². The van der Waals surface area contributed by atoms with Crippen molar-refractivity contribution in [3.8, 4) is 5.75 Å². The van der Waals surface area contributed by atoms with Gasteiger partial charge in [0.1, 0.15) is 5.75 Å². The summed E-state index contributed by atoms with van der Waals surface area (Å²) in [6, 6.07) is 7.72. The number of nitrogens with zero attached hydrogens (tertiary/aromatic N) is 3. The molecule has 1 aromatic heterocycles. The van der Waals surface area contributed by atoms with E-state index in [9.17, 15) is 9.59 Å². The zero-order chi connectivity index (χ0) is 17.8. The highest BCUT2D eigenvalue weighted by Gasteiger charge is 2.25. The van der Waals surface area contributed by atoms with Crippen LogP contribution in [0.2, 0.25) is 0 Å². The molecule has 0 saturated carbocycles. The van der Waals surface area contributed by atoms with Crippen LogP contribution in [0.4, 0.5) is 0 Å². The Morgan fingerprint density at radius 3 is 2.52 bits per heavy atom. The topological polar surface area (TPSA) is 84.7 Å². The summed E-state index contributed by atoms with van der Waals surface area (Å²) in [5, 5.41) is 13.1. The van der Waals surface area contributed by atoms with Crippen LogP contribution < -0.4 is 4.74 Å². The Morgan fingerprint density at radius 1 is 1.24 bits per heavy atom. The molecule has 0 aliphatic carbocycles. The van der Waals surface area contributed by atoms with Crippen LogP contribution >= 0.6 is 0 Å². The number of hydrogen-bond acceptors (Lipinski definition) is 4. The first-order valence-corrected chi connectivity index (χ1v) is 8.27. The van der Waals surface area contributed by atoms with Gasteiger partial charge in [0.15, 0.2) is 6.61 Å². The van der Waals surface area contributed by atoms with Crippen LogP contribution in [-0.2, 0) is 4.79 Å². The number of aromatic nitrogens is 2. The first-order valence-electron chi connectivity index (χ1n) is 8.27. The molecule has 2 aromatic rings. The number of piperidine rings is 1. The number of carbonyl (C=O) groups excluding carboxylic acids is 1. The summed E-state index contributed by atoms with van der Waals surface area (Å²) in [6.07, 6.45) is 4.40. The Bertz CT molecular complexity index is 746. The second-order valence-corrected chi connectivity index (χ2v) is 6.23. The molecule has 7 nitrogen and oxygen atoms in total. The number of amides is 1. The maximum absolute atomic E-state index is 12.3. The lowest BCUT2D eigenvalue weighted by Gasteiger charge is -2.32. The SMILES string of the molecule is Cc1ccc(OCC(=O)N2CCC(n3cc(C(=O)O)cn3)CC2)cc1. The maximum atomic E-state index is 12.3. The fraction of sp³-hybridized carbons (Fsp3) is 0.389. The number of benzene rings is 1. The molecule has 1 fully saturated rings. The quantitative estimate of drug-likeness (QED) is 0.899. The molecule has 7 heteroatoms. The predicted molar refractivity (Wildman–Crippen MR) is 90.7 cm³/mol. The highest BCUT2D eigenvalue weighted by atomic mass is 16.5. The zero-order valence-electron chi connectivity index (χ0n) is 14.1. The lowest BCUT2D eigenvalue weighted by Crippen LogP contribution is -2.41. The van der Waals surface area contributed by atoms with Crippen LogP contribution in [0.25, 0.3) is 0 Å². The number of carboxylic acids is 1. The maximum Gasteiger partial charge on any atom is 0.338 e. The second kappa shape index (κ2) is 7.38. The summed E-state index contributed by atoms with van der Waals surface area (Å²) < 4.78 is 7.23. The van der Waals surface area contributed by atoms with E-state index in [4.69, 9.17) is 9.84 Å². The van der Waals surface area contributed by atoms with Gasteiger partial charge in [-0.2, -0.15) is 5.10 Å². The molecule has 0 unspecified atom stereocenters. The second-order valence-electron chi connectivity index (χ2n) is 6.23. The van der Waals surface area contributed by atoms with Gasteiger partial charge in [0.05, 0.1) is 17.8 Å². The average Bonchev–Trinajstić information content (AvgIpc) is 3.11. The molecule has 0 radical (unpaired) electrons. The van der Waals surface area contributed by atoms with Crippen molar-refractivity contribution in [2.45, 2.75) is 25.8 Å². The van der Waals surface area contributed by atoms with Crippen molar-refractivity contribution in [1.29, 1.82) is 0 Å². The van der Waals surface area contributed by atoms with Crippen molar-refractivity contribution < 1.29 is 19.4 Å². The Labute approximate surface area is 145 Å². The Kier molecular flexibility index (Phi) is 5.02. The van der Waals surface area contributed by atoms with Gasteiger partial charge in [0.2, 0.25) is 0 Å². The fourth-order valence-electron chi connectivity index (χ4n) is 2.90. The van der Waals surface area contributed by atoms with Gasteiger partial charge in [-0.05, 0) is 31.9 Å². The molecule has 3 rings (SSSR count). The van der Waals surface area contributed by atoms with Gasteiger partial charge in [-0.15, -0.1) is 0 Å². The summed E-state index contributed by atoms with van der Waals surface area (Å²) >= 11 is 0. The van der Waals surface area contributed by atoms with E-state index in [-0.39, 0.29) is 24.1 Å². The Balaban J connectivity index is 1.48. The molecule has 0 atom stereocenters. The largest absolute Gasteiger partial charge is 0.484 e. The highest BCUT2D eigenvalue weighted by molar-refractivity contribution is 5.86. The van der Waals surface area contributed by atoms with Crippen molar-refractivity contribution in [3.05, 3.63) is 47.8 Å². The number of ether oxygens (including phenoxy) is 1. The monoisotopic (exact) mass is 343 g/mol. The van der Waals surface area contributed by atoms with Crippen LogP contribution in [-0.4, -0.2) is 51.4 Å². The number of likely N-dealkylation sites (tertiary alicyclic amines) is 1. The van der Waals surface area contributed by atoms with Crippen LogP contribution in [0.15, 0.2) is 36.7 Å². The number of aryl methyl sites for hydroxylation is 1. The lowest BCUT2D eigenvalue weighted by atomic mass is 10.1. The van der Waals surface area contributed by atoms with E-state index in [1.807, 2.05) is 31.2 Å². The molecule has 1 aliphatic heterocycles. The molecular formula is C18H21N3O4. The number of hydrogen-bond donors (Lipinski definition) is 1. The van der Waals surface area contributed by atoms with Crippen LogP contribution in [0, 0.1) is 6.92 Å². The lowest BCUT2D eigenvalue weighted by molar-refractivity contribution is -0.134. The average molecular weight is 343 g/mol. The van der Waals surface area contributed by atoms with Crippen molar-refractivity contribution in [2.75, 3.05) is 19.7 Å². The zero-order valence-corrected chi connectivity index (χ0v) is 14.1. The van der Waals surface area contributed by atoms with Gasteiger partial charge in [-0.25, -0.2) is 4.79 Å². The molecule has 25 heavy (non-hydrogen) atoms. The molecule has 0 bridgehead atoms. The van der Waals surface area contributed by atoms with E-state index in [1.165, 1.54) is 6.20 Å². The first-order chi connectivity index (χ1) is 12.0. The molecule has 2 heterocycles. The van der Waals surface area contributed by atoms with Crippen LogP contribution in [0.1, 0.15) is 34.8 Å². The third kappa shape index (κ3) is 4.17. The van der Waals surface area contributed by atoms with Gasteiger partial charge in [-0.1, -0.05) is 17.7 Å². The van der Waals surface area contributed by atoms with Crippen molar-refractivity contribution in [3.63, 3.8) is 0 Å². The Hall–Kier alpha value is -2.83. The van der Waals surface area contributed by atoms with Crippen LogP contribution in [0.3, 0.4) is 0 Å². The summed E-state index contributed by atoms with van der Waals surface area (Å²) in [4.78, 5) is 25.0. The standard InChI is InChI=1S/C18H21N3O4/c1-13-2-4-16(5-3-13)25-12-17(22)20-8-6-15(7-9-20)21-11-14(10-19-21)18(23)24/h2-5,10-11,15H,6-9,12H2,1H3,(H,23,24). The van der Waals surface area contributed by atoms with Gasteiger partial charge < -0.3 is 14.7 Å². The molecule has 1 saturated heterocycles. The van der Waals surface area contributed by atoms with E-state index >= 15 is 0 Å². The third-order valence-electron chi connectivity index (χ3n) is 4.42. The van der Waals surface area contributed by atoms with E-state index in [0.717, 1.165) is 18.4 Å². The fourth-order valence-corrected chi connectivity index (χ4v) is 2.90. The van der Waals surface area contributed by atoms with Gasteiger partial charge in [0.25, 0.3) is 5.91 Å². The summed E-state index contributed by atoms with van der Waals surface area (Å²) in [7, 11) is 0. The molecule has 1 N–H and O–H groups in total. The van der Waals surface area contributed by atoms with Crippen molar-refractivity contribution in [2.24, 2.45) is 0 Å². The molecule has 132 valence electrons. The van der Waals surface area contributed by atoms with E-state index in [0.29, 0.717) is 18.8 Å². The van der Waals surface area contributed by atoms with Crippen molar-refractivity contribution >= 4 is 11.9 Å². The van der Waals surface area contributed by atoms with E-state index in [2.05, 4.69) is 5.10 Å². The van der Waals surface area contributed by atoms with Crippen LogP contribution in [0.5, 0.6) is 5.75 Å².